The Kier molecular flexibility index (Phi) is 8.81. The van der Waals surface area contributed by atoms with Crippen LogP contribution >= 0.6 is 35.3 Å². The summed E-state index contributed by atoms with van der Waals surface area (Å²) in [6.07, 6.45) is -3.98. The highest BCUT2D eigenvalue weighted by atomic mass is 127. The summed E-state index contributed by atoms with van der Waals surface area (Å²) in [6.45, 7) is 4.53. The molecule has 0 amide bonds. The quantitative estimate of drug-likeness (QED) is 0.361. The third-order valence-electron chi connectivity index (χ3n) is 3.71. The van der Waals surface area contributed by atoms with Gasteiger partial charge in [-0.15, -0.1) is 35.3 Å². The molecule has 0 fully saturated rings. The molecular weight excluding hydrogens is 476 g/mol. The molecule has 0 saturated heterocycles. The fourth-order valence-corrected chi connectivity index (χ4v) is 3.20. The number of benzene rings is 1. The summed E-state index contributed by atoms with van der Waals surface area (Å²) in [5.41, 5.74) is 1.52. The number of rotatable bonds is 5. The first-order valence-corrected chi connectivity index (χ1v) is 8.73. The monoisotopic (exact) mass is 498 g/mol. The van der Waals surface area contributed by atoms with Gasteiger partial charge in [0.05, 0.1) is 11.0 Å². The van der Waals surface area contributed by atoms with E-state index in [4.69, 9.17) is 0 Å². The third kappa shape index (κ3) is 6.42. The average molecular weight is 498 g/mol. The Morgan fingerprint density at radius 2 is 2.00 bits per heavy atom. The molecule has 0 radical (unpaired) electrons. The minimum absolute atomic E-state index is 0. The van der Waals surface area contributed by atoms with Crippen LogP contribution in [0.1, 0.15) is 34.8 Å². The molecule has 1 aromatic carbocycles. The predicted molar refractivity (Wildman–Crippen MR) is 110 cm³/mol. The number of alkyl halides is 3. The highest BCUT2D eigenvalue weighted by Gasteiger charge is 2.33. The molecule has 0 aliphatic rings. The van der Waals surface area contributed by atoms with Gasteiger partial charge in [-0.05, 0) is 25.0 Å². The van der Waals surface area contributed by atoms with Crippen molar-refractivity contribution in [3.63, 3.8) is 0 Å². The summed E-state index contributed by atoms with van der Waals surface area (Å²) in [7, 11) is 1.66. The van der Waals surface area contributed by atoms with Crippen LogP contribution < -0.4 is 10.6 Å². The van der Waals surface area contributed by atoms with E-state index >= 15 is 0 Å². The summed E-state index contributed by atoms with van der Waals surface area (Å²) in [4.78, 5) is 7.77. The van der Waals surface area contributed by atoms with Crippen LogP contribution in [-0.2, 0) is 12.6 Å². The summed E-state index contributed by atoms with van der Waals surface area (Å²) in [6, 6.07) is 8.13. The molecule has 1 heterocycles. The molecule has 2 N–H and O–H groups in total. The maximum atomic E-state index is 12.5. The zero-order chi connectivity index (χ0) is 18.4. The summed E-state index contributed by atoms with van der Waals surface area (Å²) in [5, 5.41) is 7.88. The van der Waals surface area contributed by atoms with Crippen LogP contribution in [0.2, 0.25) is 0 Å². The minimum Gasteiger partial charge on any atom is -0.356 e. The number of nitrogens with zero attached hydrogens (tertiary/aromatic N) is 2. The van der Waals surface area contributed by atoms with Crippen LogP contribution in [0.25, 0.3) is 0 Å². The third-order valence-corrected chi connectivity index (χ3v) is 4.61. The van der Waals surface area contributed by atoms with E-state index < -0.39 is 11.9 Å². The molecule has 0 bridgehead atoms. The second-order valence-electron chi connectivity index (χ2n) is 5.60. The number of aromatic nitrogens is 1. The summed E-state index contributed by atoms with van der Waals surface area (Å²) < 4.78 is 37.6. The molecule has 1 aromatic heterocycles. The summed E-state index contributed by atoms with van der Waals surface area (Å²) >= 11 is 1.02. The van der Waals surface area contributed by atoms with Crippen LogP contribution in [0.15, 0.2) is 34.6 Å². The van der Waals surface area contributed by atoms with Crippen molar-refractivity contribution in [1.29, 1.82) is 0 Å². The molecule has 2 aromatic rings. The van der Waals surface area contributed by atoms with Gasteiger partial charge in [0.1, 0.15) is 0 Å². The fourth-order valence-electron chi connectivity index (χ4n) is 2.39. The van der Waals surface area contributed by atoms with Crippen molar-refractivity contribution in [2.24, 2.45) is 4.99 Å². The molecule has 0 aliphatic heterocycles. The van der Waals surface area contributed by atoms with Gasteiger partial charge in [-0.25, -0.2) is 4.98 Å². The topological polar surface area (TPSA) is 49.3 Å². The molecule has 0 saturated carbocycles. The van der Waals surface area contributed by atoms with Crippen molar-refractivity contribution in [3.8, 4) is 0 Å². The van der Waals surface area contributed by atoms with Crippen LogP contribution in [0.5, 0.6) is 0 Å². The van der Waals surface area contributed by atoms with Crippen LogP contribution in [0.3, 0.4) is 0 Å². The van der Waals surface area contributed by atoms with Crippen molar-refractivity contribution in [2.75, 3.05) is 13.6 Å². The first kappa shape index (κ1) is 22.7. The van der Waals surface area contributed by atoms with Gasteiger partial charge in [-0.1, -0.05) is 24.3 Å². The first-order chi connectivity index (χ1) is 11.8. The lowest BCUT2D eigenvalue weighted by molar-refractivity contribution is -0.140. The molecule has 0 aliphatic carbocycles. The minimum atomic E-state index is -4.39. The molecular formula is C17H22F3IN4S. The van der Waals surface area contributed by atoms with Gasteiger partial charge in [0.15, 0.2) is 11.7 Å². The Balaban J connectivity index is 0.00000338. The van der Waals surface area contributed by atoms with E-state index in [0.29, 0.717) is 23.9 Å². The number of guanidine groups is 1. The molecule has 4 nitrogen and oxygen atoms in total. The van der Waals surface area contributed by atoms with E-state index in [1.54, 1.807) is 7.05 Å². The van der Waals surface area contributed by atoms with Gasteiger partial charge in [0.25, 0.3) is 0 Å². The molecule has 26 heavy (non-hydrogen) atoms. The van der Waals surface area contributed by atoms with E-state index in [1.165, 1.54) is 11.1 Å². The number of aliphatic imine (C=N–C) groups is 1. The van der Waals surface area contributed by atoms with Crippen LogP contribution in [0.4, 0.5) is 13.2 Å². The van der Waals surface area contributed by atoms with Crippen LogP contribution in [0, 0.1) is 6.92 Å². The standard InChI is InChI=1S/C17H21F3N4S.HI/c1-11-6-4-5-7-13(11)12(2)23-16(21-3)22-9-8-15-24-14(10-25-15)17(18,19)20;/h4-7,10,12H,8-9H2,1-3H3,(H2,21,22,23);1H. The van der Waals surface area contributed by atoms with E-state index in [9.17, 15) is 13.2 Å². The van der Waals surface area contributed by atoms with Crippen molar-refractivity contribution < 1.29 is 13.2 Å². The number of halogens is 4. The molecule has 9 heteroatoms. The van der Waals surface area contributed by atoms with Crippen molar-refractivity contribution in [1.82, 2.24) is 15.6 Å². The fraction of sp³-hybridized carbons (Fsp3) is 0.412. The van der Waals surface area contributed by atoms with Gasteiger partial charge >= 0.3 is 6.18 Å². The zero-order valence-electron chi connectivity index (χ0n) is 14.7. The second kappa shape index (κ2) is 10.1. The average Bonchev–Trinajstić information content (AvgIpc) is 3.03. The highest BCUT2D eigenvalue weighted by Crippen LogP contribution is 2.30. The van der Waals surface area contributed by atoms with E-state index in [-0.39, 0.29) is 30.0 Å². The maximum absolute atomic E-state index is 12.5. The Morgan fingerprint density at radius 1 is 1.31 bits per heavy atom. The number of hydrogen-bond donors (Lipinski definition) is 2. The van der Waals surface area contributed by atoms with Gasteiger partial charge < -0.3 is 10.6 Å². The van der Waals surface area contributed by atoms with Crippen molar-refractivity contribution in [2.45, 2.75) is 32.5 Å². The summed E-state index contributed by atoms with van der Waals surface area (Å²) in [5.74, 6) is 0.600. The number of aryl methyl sites for hydroxylation is 1. The molecule has 2 rings (SSSR count). The van der Waals surface area contributed by atoms with Gasteiger partial charge in [-0.2, -0.15) is 13.2 Å². The van der Waals surface area contributed by atoms with Crippen molar-refractivity contribution >= 4 is 41.3 Å². The Hall–Kier alpha value is -1.36. The van der Waals surface area contributed by atoms with Crippen molar-refractivity contribution in [3.05, 3.63) is 51.5 Å². The van der Waals surface area contributed by atoms with Crippen LogP contribution in [-0.4, -0.2) is 24.5 Å². The number of hydrogen-bond acceptors (Lipinski definition) is 3. The van der Waals surface area contributed by atoms with E-state index in [0.717, 1.165) is 16.7 Å². The normalized spacial score (nSPS) is 13.1. The number of thiazole rings is 1. The van der Waals surface area contributed by atoms with Gasteiger partial charge in [0.2, 0.25) is 0 Å². The lowest BCUT2D eigenvalue weighted by Crippen LogP contribution is -2.39. The number of nitrogens with one attached hydrogen (secondary N) is 2. The lowest BCUT2D eigenvalue weighted by atomic mass is 10.0. The molecule has 144 valence electrons. The highest BCUT2D eigenvalue weighted by molar-refractivity contribution is 14.0. The largest absolute Gasteiger partial charge is 0.434 e. The molecule has 1 unspecified atom stereocenters. The predicted octanol–water partition coefficient (Wildman–Crippen LogP) is 4.56. The van der Waals surface area contributed by atoms with E-state index in [1.807, 2.05) is 32.0 Å². The molecule has 1 atom stereocenters. The smallest absolute Gasteiger partial charge is 0.356 e. The second-order valence-corrected chi connectivity index (χ2v) is 6.54. The Labute approximate surface area is 172 Å². The lowest BCUT2D eigenvalue weighted by Gasteiger charge is -2.19. The molecule has 0 spiro atoms. The van der Waals surface area contributed by atoms with E-state index in [2.05, 4.69) is 26.7 Å². The SMILES string of the molecule is CN=C(NCCc1nc(C(F)(F)F)cs1)NC(C)c1ccccc1C.I. The Morgan fingerprint density at radius 3 is 2.58 bits per heavy atom. The maximum Gasteiger partial charge on any atom is 0.434 e. The van der Waals surface area contributed by atoms with Gasteiger partial charge in [-0.3, -0.25) is 4.99 Å². The van der Waals surface area contributed by atoms with Gasteiger partial charge in [0, 0.05) is 25.4 Å². The Bertz CT molecular complexity index is 731. The zero-order valence-corrected chi connectivity index (χ0v) is 17.9. The first-order valence-electron chi connectivity index (χ1n) is 7.85.